The Morgan fingerprint density at radius 3 is 2.64 bits per heavy atom. The van der Waals surface area contributed by atoms with Crippen LogP contribution in [0.1, 0.15) is 38.3 Å². The molecule has 1 aromatic carbocycles. The highest BCUT2D eigenvalue weighted by Crippen LogP contribution is 2.21. The van der Waals surface area contributed by atoms with Crippen molar-refractivity contribution >= 4 is 0 Å². The van der Waals surface area contributed by atoms with E-state index < -0.39 is 0 Å². The molecule has 1 heterocycles. The molecule has 1 atom stereocenters. The number of benzene rings is 1. The Labute approximate surface area is 132 Å². The highest BCUT2D eigenvalue weighted by molar-refractivity contribution is 5.41. The predicted octanol–water partition coefficient (Wildman–Crippen LogP) is 2.46. The Balaban J connectivity index is 2.00. The Kier molecular flexibility index (Phi) is 5.32. The number of aliphatic hydroxyl groups excluding tert-OH is 1. The van der Waals surface area contributed by atoms with Crippen LogP contribution in [0.25, 0.3) is 5.69 Å². The summed E-state index contributed by atoms with van der Waals surface area (Å²) in [6.07, 6.45) is 4.18. The van der Waals surface area contributed by atoms with E-state index in [4.69, 9.17) is 0 Å². The van der Waals surface area contributed by atoms with Crippen molar-refractivity contribution in [1.82, 2.24) is 20.1 Å². The summed E-state index contributed by atoms with van der Waals surface area (Å²) in [4.78, 5) is 3.98. The lowest BCUT2D eigenvalue weighted by Gasteiger charge is -2.25. The number of aliphatic hydroxyl groups is 1. The largest absolute Gasteiger partial charge is 0.395 e. The van der Waals surface area contributed by atoms with Gasteiger partial charge in [-0.3, -0.25) is 0 Å². The lowest BCUT2D eigenvalue weighted by Crippen LogP contribution is -2.35. The van der Waals surface area contributed by atoms with E-state index in [0.717, 1.165) is 24.2 Å². The summed E-state index contributed by atoms with van der Waals surface area (Å²) in [6.45, 7) is 9.55. The summed E-state index contributed by atoms with van der Waals surface area (Å²) in [5, 5.41) is 17.1. The molecule has 0 spiro atoms. The van der Waals surface area contributed by atoms with Gasteiger partial charge in [-0.05, 0) is 36.0 Å². The first kappa shape index (κ1) is 16.6. The Morgan fingerprint density at radius 2 is 2.09 bits per heavy atom. The van der Waals surface area contributed by atoms with E-state index in [1.54, 1.807) is 11.0 Å². The van der Waals surface area contributed by atoms with E-state index in [-0.39, 0.29) is 18.1 Å². The van der Waals surface area contributed by atoms with Gasteiger partial charge in [0.1, 0.15) is 12.7 Å². The minimum Gasteiger partial charge on any atom is -0.395 e. The van der Waals surface area contributed by atoms with Gasteiger partial charge in [0.25, 0.3) is 0 Å². The minimum absolute atomic E-state index is 0.121. The molecule has 1 unspecified atom stereocenters. The molecule has 2 aromatic rings. The molecule has 5 heteroatoms. The number of nitrogens with one attached hydrogen (secondary N) is 1. The quantitative estimate of drug-likeness (QED) is 0.860. The molecule has 0 saturated carbocycles. The van der Waals surface area contributed by atoms with E-state index in [1.165, 1.54) is 11.9 Å². The minimum atomic E-state index is 0.121. The molecular weight excluding hydrogens is 276 g/mol. The van der Waals surface area contributed by atoms with E-state index >= 15 is 0 Å². The second-order valence-electron chi connectivity index (χ2n) is 6.99. The van der Waals surface area contributed by atoms with Crippen molar-refractivity contribution in [3.05, 3.63) is 42.0 Å². The number of aryl methyl sites for hydroxylation is 1. The van der Waals surface area contributed by atoms with Gasteiger partial charge < -0.3 is 10.4 Å². The third-order valence-corrected chi connectivity index (χ3v) is 3.60. The molecule has 1 aromatic heterocycles. The number of hydrogen-bond acceptors (Lipinski definition) is 4. The Morgan fingerprint density at radius 1 is 1.32 bits per heavy atom. The summed E-state index contributed by atoms with van der Waals surface area (Å²) < 4.78 is 1.77. The molecule has 0 amide bonds. The fourth-order valence-electron chi connectivity index (χ4n) is 2.62. The summed E-state index contributed by atoms with van der Waals surface area (Å²) in [5.74, 6) is 0. The van der Waals surface area contributed by atoms with E-state index in [0.29, 0.717) is 0 Å². The second kappa shape index (κ2) is 7.03. The third kappa shape index (κ3) is 4.64. The Bertz CT molecular complexity index is 587. The van der Waals surface area contributed by atoms with Gasteiger partial charge in [-0.2, -0.15) is 5.10 Å². The summed E-state index contributed by atoms with van der Waals surface area (Å²) in [7, 11) is 0. The van der Waals surface area contributed by atoms with Crippen LogP contribution in [-0.2, 0) is 6.54 Å². The van der Waals surface area contributed by atoms with Crippen molar-refractivity contribution in [2.24, 2.45) is 5.41 Å². The van der Waals surface area contributed by atoms with Gasteiger partial charge >= 0.3 is 0 Å². The van der Waals surface area contributed by atoms with Gasteiger partial charge in [0.2, 0.25) is 0 Å². The Hall–Kier alpha value is -1.72. The highest BCUT2D eigenvalue weighted by Gasteiger charge is 2.17. The lowest BCUT2D eigenvalue weighted by molar-refractivity contribution is 0.198. The molecule has 2 rings (SSSR count). The van der Waals surface area contributed by atoms with Gasteiger partial charge in [0, 0.05) is 12.6 Å². The molecule has 0 saturated heterocycles. The average Bonchev–Trinajstić information content (AvgIpc) is 2.96. The maximum absolute atomic E-state index is 9.51. The molecule has 22 heavy (non-hydrogen) atoms. The molecule has 0 aliphatic heterocycles. The third-order valence-electron chi connectivity index (χ3n) is 3.60. The first-order valence-corrected chi connectivity index (χ1v) is 7.68. The topological polar surface area (TPSA) is 63.0 Å². The lowest BCUT2D eigenvalue weighted by atomic mass is 9.88. The van der Waals surface area contributed by atoms with Crippen molar-refractivity contribution in [2.45, 2.75) is 46.7 Å². The summed E-state index contributed by atoms with van der Waals surface area (Å²) >= 11 is 0. The van der Waals surface area contributed by atoms with E-state index in [2.05, 4.69) is 61.3 Å². The molecule has 0 aliphatic carbocycles. The number of nitrogens with zero attached hydrogens (tertiary/aromatic N) is 3. The van der Waals surface area contributed by atoms with Crippen molar-refractivity contribution in [3.63, 3.8) is 0 Å². The van der Waals surface area contributed by atoms with Gasteiger partial charge in [0.05, 0.1) is 12.3 Å². The molecule has 0 bridgehead atoms. The van der Waals surface area contributed by atoms with Crippen LogP contribution in [0.5, 0.6) is 0 Å². The van der Waals surface area contributed by atoms with Crippen LogP contribution >= 0.6 is 0 Å². The van der Waals surface area contributed by atoms with Crippen LogP contribution in [0, 0.1) is 12.3 Å². The van der Waals surface area contributed by atoms with E-state index in [1.807, 2.05) is 0 Å². The summed E-state index contributed by atoms with van der Waals surface area (Å²) in [5.41, 5.74) is 3.59. The maximum Gasteiger partial charge on any atom is 0.138 e. The van der Waals surface area contributed by atoms with Crippen LogP contribution in [0.4, 0.5) is 0 Å². The molecule has 0 aliphatic rings. The number of rotatable bonds is 6. The molecular formula is C17H26N4O. The molecule has 0 fully saturated rings. The van der Waals surface area contributed by atoms with Crippen LogP contribution in [0.3, 0.4) is 0 Å². The molecule has 120 valence electrons. The van der Waals surface area contributed by atoms with Crippen LogP contribution in [-0.4, -0.2) is 32.5 Å². The average molecular weight is 302 g/mol. The van der Waals surface area contributed by atoms with Crippen molar-refractivity contribution in [3.8, 4) is 5.69 Å². The van der Waals surface area contributed by atoms with Crippen molar-refractivity contribution in [2.75, 3.05) is 6.61 Å². The van der Waals surface area contributed by atoms with Crippen molar-refractivity contribution < 1.29 is 5.11 Å². The molecule has 2 N–H and O–H groups in total. The fraction of sp³-hybridized carbons (Fsp3) is 0.529. The summed E-state index contributed by atoms with van der Waals surface area (Å²) in [6, 6.07) is 6.41. The zero-order valence-corrected chi connectivity index (χ0v) is 13.9. The second-order valence-corrected chi connectivity index (χ2v) is 6.99. The smallest absolute Gasteiger partial charge is 0.138 e. The first-order chi connectivity index (χ1) is 10.4. The molecule has 0 radical (unpaired) electrons. The zero-order chi connectivity index (χ0) is 16.2. The SMILES string of the molecule is Cc1cc(CNC(CO)CC(C)(C)C)ccc1-n1cncn1. The van der Waals surface area contributed by atoms with Gasteiger partial charge in [-0.1, -0.05) is 32.9 Å². The zero-order valence-electron chi connectivity index (χ0n) is 13.9. The molecule has 5 nitrogen and oxygen atoms in total. The predicted molar refractivity (Wildman–Crippen MR) is 87.9 cm³/mol. The standard InChI is InChI=1S/C17H26N4O/c1-13-7-14(5-6-16(13)21-12-18-11-20-21)9-19-15(10-22)8-17(2,3)4/h5-7,11-12,15,19,22H,8-10H2,1-4H3. The highest BCUT2D eigenvalue weighted by atomic mass is 16.3. The van der Waals surface area contributed by atoms with Crippen LogP contribution in [0.2, 0.25) is 0 Å². The maximum atomic E-state index is 9.51. The van der Waals surface area contributed by atoms with Crippen molar-refractivity contribution in [1.29, 1.82) is 0 Å². The number of aromatic nitrogens is 3. The van der Waals surface area contributed by atoms with Gasteiger partial charge in [0.15, 0.2) is 0 Å². The van der Waals surface area contributed by atoms with E-state index in [9.17, 15) is 5.11 Å². The fourth-order valence-corrected chi connectivity index (χ4v) is 2.62. The first-order valence-electron chi connectivity index (χ1n) is 7.68. The van der Waals surface area contributed by atoms with Crippen LogP contribution < -0.4 is 5.32 Å². The monoisotopic (exact) mass is 302 g/mol. The normalized spacial score (nSPS) is 13.3. The van der Waals surface area contributed by atoms with Gasteiger partial charge in [-0.25, -0.2) is 9.67 Å². The van der Waals surface area contributed by atoms with Gasteiger partial charge in [-0.15, -0.1) is 0 Å². The van der Waals surface area contributed by atoms with Crippen LogP contribution in [0.15, 0.2) is 30.9 Å². The number of hydrogen-bond donors (Lipinski definition) is 2.